The molecule has 10 heteroatoms. The van der Waals surface area contributed by atoms with Gasteiger partial charge in [0.25, 0.3) is 0 Å². The van der Waals surface area contributed by atoms with Crippen LogP contribution in [0.25, 0.3) is 55.4 Å². The van der Waals surface area contributed by atoms with E-state index in [2.05, 4.69) is 28.3 Å². The molecule has 1 aromatic carbocycles. The van der Waals surface area contributed by atoms with Gasteiger partial charge in [0.05, 0.1) is 53.2 Å². The highest BCUT2D eigenvalue weighted by Gasteiger charge is 2.28. The largest absolute Gasteiger partial charge is 0.474 e. The number of hydrogen-bond donors (Lipinski definition) is 1. The van der Waals surface area contributed by atoms with Crippen molar-refractivity contribution in [3.8, 4) is 28.3 Å². The van der Waals surface area contributed by atoms with Gasteiger partial charge in [0, 0.05) is 61.8 Å². The predicted molar refractivity (Wildman–Crippen MR) is 162 cm³/mol. The molecule has 0 radical (unpaired) electrons. The van der Waals surface area contributed by atoms with Crippen molar-refractivity contribution in [2.24, 2.45) is 14.1 Å². The fourth-order valence-electron chi connectivity index (χ4n) is 6.87. The normalized spacial score (nSPS) is 16.8. The molecule has 0 spiro atoms. The van der Waals surface area contributed by atoms with Crippen molar-refractivity contribution in [1.29, 1.82) is 0 Å². The second-order valence-corrected chi connectivity index (χ2v) is 11.6. The molecule has 1 aliphatic carbocycles. The Kier molecular flexibility index (Phi) is 5.92. The van der Waals surface area contributed by atoms with Crippen LogP contribution < -0.4 is 10.4 Å². The second kappa shape index (κ2) is 9.84. The summed E-state index contributed by atoms with van der Waals surface area (Å²) in [6, 6.07) is 10.6. The first kappa shape index (κ1) is 25.3. The molecule has 42 heavy (non-hydrogen) atoms. The summed E-state index contributed by atoms with van der Waals surface area (Å²) in [6.07, 6.45) is 11.7. The van der Waals surface area contributed by atoms with E-state index in [1.165, 1.54) is 0 Å². The molecule has 2 aliphatic rings. The van der Waals surface area contributed by atoms with Crippen molar-refractivity contribution in [2.45, 2.75) is 50.7 Å². The number of rotatable bonds is 5. The van der Waals surface area contributed by atoms with Gasteiger partial charge in [0.1, 0.15) is 11.8 Å². The van der Waals surface area contributed by atoms with Gasteiger partial charge in [0.15, 0.2) is 0 Å². The Labute approximate surface area is 241 Å². The Hall–Kier alpha value is -4.44. The van der Waals surface area contributed by atoms with Gasteiger partial charge in [-0.3, -0.25) is 13.8 Å². The zero-order valence-electron chi connectivity index (χ0n) is 23.8. The average Bonchev–Trinajstić information content (AvgIpc) is 3.80. The Bertz CT molecular complexity index is 2000. The minimum atomic E-state index is 0.0129. The number of aromatic nitrogens is 7. The summed E-state index contributed by atoms with van der Waals surface area (Å²) in [5.41, 5.74) is 7.47. The van der Waals surface area contributed by atoms with Crippen LogP contribution in [0, 0.1) is 0 Å². The number of imidazole rings is 1. The van der Waals surface area contributed by atoms with Gasteiger partial charge in [-0.1, -0.05) is 18.9 Å². The summed E-state index contributed by atoms with van der Waals surface area (Å²) in [7, 11) is 3.80. The van der Waals surface area contributed by atoms with E-state index >= 15 is 0 Å². The number of nitrogens with one attached hydrogen (secondary N) is 1. The summed E-state index contributed by atoms with van der Waals surface area (Å²) in [5.74, 6) is 0.610. The molecule has 214 valence electrons. The van der Waals surface area contributed by atoms with Crippen molar-refractivity contribution in [3.05, 3.63) is 59.4 Å². The van der Waals surface area contributed by atoms with Crippen LogP contribution in [0.15, 0.2) is 53.7 Å². The number of fused-ring (bicyclic) bond motifs is 4. The van der Waals surface area contributed by atoms with Gasteiger partial charge in [0.2, 0.25) is 5.88 Å². The molecular weight excluding hydrogens is 530 g/mol. The van der Waals surface area contributed by atoms with Gasteiger partial charge < -0.3 is 14.5 Å². The number of hydrogen-bond acceptors (Lipinski definition) is 6. The lowest BCUT2D eigenvalue weighted by Gasteiger charge is -2.22. The molecule has 2 fully saturated rings. The number of benzene rings is 1. The monoisotopic (exact) mass is 563 g/mol. The van der Waals surface area contributed by atoms with Crippen LogP contribution in [0.4, 0.5) is 0 Å². The Morgan fingerprint density at radius 3 is 2.52 bits per heavy atom. The number of aromatic amines is 1. The second-order valence-electron chi connectivity index (χ2n) is 11.6. The summed E-state index contributed by atoms with van der Waals surface area (Å²) in [5, 5.41) is 6.47. The van der Waals surface area contributed by atoms with Crippen molar-refractivity contribution < 1.29 is 9.47 Å². The molecule has 1 N–H and O–H groups in total. The van der Waals surface area contributed by atoms with E-state index in [0.717, 1.165) is 107 Å². The topological polar surface area (TPSA) is 105 Å². The number of aryl methyl sites for hydroxylation is 2. The highest BCUT2D eigenvalue weighted by Crippen LogP contribution is 2.43. The highest BCUT2D eigenvalue weighted by molar-refractivity contribution is 6.14. The number of pyridine rings is 2. The third kappa shape index (κ3) is 3.96. The number of ether oxygens (including phenoxy) is 2. The molecule has 0 amide bonds. The van der Waals surface area contributed by atoms with E-state index in [-0.39, 0.29) is 17.8 Å². The Balaban J connectivity index is 1.36. The van der Waals surface area contributed by atoms with Crippen molar-refractivity contribution >= 4 is 33.0 Å². The quantitative estimate of drug-likeness (QED) is 0.297. The SMILES string of the molecule is Cn1ncc2cc(-c3c(-c4ccc(OC5CCOCC5)nc4)[nH]c4ncc5c(c34)n(C3CCCC3)c(=O)n5C)ccc21. The molecule has 8 rings (SSSR count). The molecule has 1 aliphatic heterocycles. The lowest BCUT2D eigenvalue weighted by molar-refractivity contribution is 0.0237. The summed E-state index contributed by atoms with van der Waals surface area (Å²) < 4.78 is 17.3. The summed E-state index contributed by atoms with van der Waals surface area (Å²) in [6.45, 7) is 1.44. The third-order valence-electron chi connectivity index (χ3n) is 9.08. The lowest BCUT2D eigenvalue weighted by atomic mass is 9.98. The maximum Gasteiger partial charge on any atom is 0.329 e. The zero-order chi connectivity index (χ0) is 28.4. The molecule has 10 nitrogen and oxygen atoms in total. The van der Waals surface area contributed by atoms with E-state index in [4.69, 9.17) is 19.4 Å². The standard InChI is InChI=1S/C32H33N7O3/c1-37-25-18-34-31-28(30(25)39(32(37)40)22-5-3-4-6-22)27(19-7-9-24-21(15-19)17-35-38(24)2)29(36-31)20-8-10-26(33-16-20)42-23-11-13-41-14-12-23/h7-10,15-18,22-23H,3-6,11-14H2,1-2H3,(H,34,36). The number of nitrogens with zero attached hydrogens (tertiary/aromatic N) is 6. The first-order chi connectivity index (χ1) is 20.6. The zero-order valence-corrected chi connectivity index (χ0v) is 23.8. The smallest absolute Gasteiger partial charge is 0.329 e. The molecule has 5 aromatic heterocycles. The van der Waals surface area contributed by atoms with Gasteiger partial charge >= 0.3 is 5.69 Å². The van der Waals surface area contributed by atoms with Crippen LogP contribution >= 0.6 is 0 Å². The summed E-state index contributed by atoms with van der Waals surface area (Å²) in [4.78, 5) is 26.8. The van der Waals surface area contributed by atoms with Crippen molar-refractivity contribution in [3.63, 3.8) is 0 Å². The maximum atomic E-state index is 13.7. The van der Waals surface area contributed by atoms with E-state index in [9.17, 15) is 4.79 Å². The van der Waals surface area contributed by atoms with Crippen LogP contribution in [-0.2, 0) is 18.8 Å². The highest BCUT2D eigenvalue weighted by atomic mass is 16.5. The van der Waals surface area contributed by atoms with Gasteiger partial charge in [-0.15, -0.1) is 0 Å². The maximum absolute atomic E-state index is 13.7. The van der Waals surface area contributed by atoms with Crippen LogP contribution in [0.2, 0.25) is 0 Å². The molecule has 1 saturated carbocycles. The van der Waals surface area contributed by atoms with E-state index in [1.807, 2.05) is 54.1 Å². The fraction of sp³-hybridized carbons (Fsp3) is 0.375. The van der Waals surface area contributed by atoms with E-state index in [0.29, 0.717) is 5.88 Å². The van der Waals surface area contributed by atoms with Crippen LogP contribution in [0.1, 0.15) is 44.6 Å². The summed E-state index contributed by atoms with van der Waals surface area (Å²) >= 11 is 0. The van der Waals surface area contributed by atoms with E-state index < -0.39 is 0 Å². The number of H-pyrrole nitrogens is 1. The molecule has 6 heterocycles. The van der Waals surface area contributed by atoms with Crippen molar-refractivity contribution in [1.82, 2.24) is 33.9 Å². The van der Waals surface area contributed by atoms with E-state index in [1.54, 1.807) is 4.57 Å². The molecule has 1 saturated heterocycles. The average molecular weight is 564 g/mol. The van der Waals surface area contributed by atoms with Gasteiger partial charge in [-0.25, -0.2) is 14.8 Å². The molecular formula is C32H33N7O3. The lowest BCUT2D eigenvalue weighted by Crippen LogP contribution is -2.26. The van der Waals surface area contributed by atoms with Crippen LogP contribution in [0.3, 0.4) is 0 Å². The first-order valence-corrected chi connectivity index (χ1v) is 14.8. The molecule has 6 aromatic rings. The van der Waals surface area contributed by atoms with Crippen LogP contribution in [0.5, 0.6) is 5.88 Å². The molecule has 0 atom stereocenters. The minimum Gasteiger partial charge on any atom is -0.474 e. The van der Waals surface area contributed by atoms with Gasteiger partial charge in [-0.2, -0.15) is 5.10 Å². The van der Waals surface area contributed by atoms with Crippen LogP contribution in [-0.4, -0.2) is 53.2 Å². The fourth-order valence-corrected chi connectivity index (χ4v) is 6.87. The minimum absolute atomic E-state index is 0.0129. The predicted octanol–water partition coefficient (Wildman–Crippen LogP) is 5.50. The Morgan fingerprint density at radius 2 is 1.74 bits per heavy atom. The Morgan fingerprint density at radius 1 is 0.929 bits per heavy atom. The molecule has 0 unspecified atom stereocenters. The molecule has 0 bridgehead atoms. The van der Waals surface area contributed by atoms with Gasteiger partial charge in [-0.05, 0) is 36.6 Å². The third-order valence-corrected chi connectivity index (χ3v) is 9.08. The first-order valence-electron chi connectivity index (χ1n) is 14.8. The van der Waals surface area contributed by atoms with Crippen molar-refractivity contribution in [2.75, 3.05) is 13.2 Å².